The predicted octanol–water partition coefficient (Wildman–Crippen LogP) is 4.24. The average molecular weight is 195 g/mol. The number of aryl methyl sites for hydroxylation is 1. The van der Waals surface area contributed by atoms with Crippen molar-refractivity contribution in [3.05, 3.63) is 47.0 Å². The van der Waals surface area contributed by atoms with Crippen LogP contribution >= 0.6 is 11.6 Å². The number of hydrogen-bond donors (Lipinski definition) is 0. The molecule has 0 aromatic heterocycles. The summed E-state index contributed by atoms with van der Waals surface area (Å²) in [4.78, 5) is 0. The highest BCUT2D eigenvalue weighted by atomic mass is 35.5. The first-order valence-corrected chi connectivity index (χ1v) is 5.01. The number of rotatable bonds is 4. The lowest BCUT2D eigenvalue weighted by Crippen LogP contribution is -1.86. The molecular weight excluding hydrogens is 180 g/mol. The Morgan fingerprint density at radius 3 is 2.46 bits per heavy atom. The van der Waals surface area contributed by atoms with Gasteiger partial charge in [-0.3, -0.25) is 0 Å². The molecule has 0 radical (unpaired) electrons. The van der Waals surface area contributed by atoms with Crippen LogP contribution in [0.15, 0.2) is 36.4 Å². The van der Waals surface area contributed by atoms with Gasteiger partial charge in [0.2, 0.25) is 0 Å². The molecule has 13 heavy (non-hydrogen) atoms. The molecule has 0 unspecified atom stereocenters. The Morgan fingerprint density at radius 2 is 1.92 bits per heavy atom. The summed E-state index contributed by atoms with van der Waals surface area (Å²) >= 11 is 5.78. The first kappa shape index (κ1) is 10.3. The van der Waals surface area contributed by atoms with Crippen LogP contribution in [0.4, 0.5) is 0 Å². The minimum Gasteiger partial charge on any atom is -0.0999 e. The van der Waals surface area contributed by atoms with E-state index in [1.54, 1.807) is 0 Å². The van der Waals surface area contributed by atoms with Gasteiger partial charge < -0.3 is 0 Å². The Labute approximate surface area is 85.2 Å². The first-order valence-electron chi connectivity index (χ1n) is 4.63. The van der Waals surface area contributed by atoms with Gasteiger partial charge in [-0.15, -0.1) is 0 Å². The summed E-state index contributed by atoms with van der Waals surface area (Å²) in [7, 11) is 0. The van der Waals surface area contributed by atoms with Crippen LogP contribution in [0, 0.1) is 0 Å². The summed E-state index contributed by atoms with van der Waals surface area (Å²) in [5, 5.41) is 0.804. The van der Waals surface area contributed by atoms with E-state index in [0.717, 1.165) is 24.3 Å². The third kappa shape index (κ3) is 3.65. The maximum absolute atomic E-state index is 5.78. The summed E-state index contributed by atoms with van der Waals surface area (Å²) in [5.74, 6) is 0. The van der Waals surface area contributed by atoms with Crippen molar-refractivity contribution in [1.82, 2.24) is 0 Å². The molecule has 0 fully saturated rings. The Hall–Kier alpha value is -0.750. The minimum atomic E-state index is 0.804. The van der Waals surface area contributed by atoms with Gasteiger partial charge in [-0.2, -0.15) is 0 Å². The normalized spacial score (nSPS) is 10.0. The second-order valence-electron chi connectivity index (χ2n) is 3.23. The molecule has 0 bridgehead atoms. The predicted molar refractivity (Wildman–Crippen MR) is 59.2 cm³/mol. The van der Waals surface area contributed by atoms with E-state index in [9.17, 15) is 0 Å². The third-order valence-electron chi connectivity index (χ3n) is 2.18. The maximum Gasteiger partial charge on any atom is 0.0406 e. The summed E-state index contributed by atoms with van der Waals surface area (Å²) < 4.78 is 0. The molecule has 1 rings (SSSR count). The molecule has 0 saturated heterocycles. The standard InChI is InChI=1S/C12H15Cl/c1-3-10(2)4-5-11-6-8-12(13)9-7-11/h6-9H,2-5H2,1H3. The van der Waals surface area contributed by atoms with Crippen molar-refractivity contribution in [2.24, 2.45) is 0 Å². The molecule has 70 valence electrons. The van der Waals surface area contributed by atoms with Gasteiger partial charge in [0, 0.05) is 5.02 Å². The Balaban J connectivity index is 2.46. The number of halogens is 1. The van der Waals surface area contributed by atoms with Gasteiger partial charge in [0.05, 0.1) is 0 Å². The molecule has 0 amide bonds. The maximum atomic E-state index is 5.78. The van der Waals surface area contributed by atoms with Crippen LogP contribution in [0.5, 0.6) is 0 Å². The van der Waals surface area contributed by atoms with E-state index in [4.69, 9.17) is 11.6 Å². The summed E-state index contributed by atoms with van der Waals surface area (Å²) in [5.41, 5.74) is 2.65. The van der Waals surface area contributed by atoms with Crippen molar-refractivity contribution >= 4 is 11.6 Å². The lowest BCUT2D eigenvalue weighted by Gasteiger charge is -2.02. The van der Waals surface area contributed by atoms with Gasteiger partial charge in [0.1, 0.15) is 0 Å². The molecule has 0 aliphatic rings. The SMILES string of the molecule is C=C(CC)CCc1ccc(Cl)cc1. The van der Waals surface area contributed by atoms with Crippen molar-refractivity contribution in [2.75, 3.05) is 0 Å². The highest BCUT2D eigenvalue weighted by Gasteiger charge is 1.94. The van der Waals surface area contributed by atoms with E-state index in [1.165, 1.54) is 11.1 Å². The third-order valence-corrected chi connectivity index (χ3v) is 2.43. The van der Waals surface area contributed by atoms with E-state index in [0.29, 0.717) is 0 Å². The van der Waals surface area contributed by atoms with Crippen LogP contribution < -0.4 is 0 Å². The van der Waals surface area contributed by atoms with Crippen molar-refractivity contribution in [1.29, 1.82) is 0 Å². The van der Waals surface area contributed by atoms with Crippen LogP contribution in [0.2, 0.25) is 5.02 Å². The van der Waals surface area contributed by atoms with E-state index >= 15 is 0 Å². The number of benzene rings is 1. The van der Waals surface area contributed by atoms with Crippen LogP contribution in [-0.2, 0) is 6.42 Å². The van der Waals surface area contributed by atoms with Crippen molar-refractivity contribution in [2.45, 2.75) is 26.2 Å². The minimum absolute atomic E-state index is 0.804. The van der Waals surface area contributed by atoms with E-state index in [1.807, 2.05) is 12.1 Å². The van der Waals surface area contributed by atoms with Gasteiger partial charge in [0.15, 0.2) is 0 Å². The highest BCUT2D eigenvalue weighted by molar-refractivity contribution is 6.30. The van der Waals surface area contributed by atoms with Crippen molar-refractivity contribution < 1.29 is 0 Å². The summed E-state index contributed by atoms with van der Waals surface area (Å²) in [6, 6.07) is 8.02. The largest absolute Gasteiger partial charge is 0.0999 e. The second-order valence-corrected chi connectivity index (χ2v) is 3.67. The van der Waals surface area contributed by atoms with Gasteiger partial charge >= 0.3 is 0 Å². The topological polar surface area (TPSA) is 0 Å². The summed E-state index contributed by atoms with van der Waals surface area (Å²) in [6.07, 6.45) is 3.23. The molecule has 1 aromatic rings. The van der Waals surface area contributed by atoms with Crippen LogP contribution in [0.25, 0.3) is 0 Å². The molecule has 0 saturated carbocycles. The molecular formula is C12H15Cl. The van der Waals surface area contributed by atoms with E-state index in [-0.39, 0.29) is 0 Å². The highest BCUT2D eigenvalue weighted by Crippen LogP contribution is 2.13. The number of allylic oxidation sites excluding steroid dienone is 1. The fourth-order valence-electron chi connectivity index (χ4n) is 1.15. The van der Waals surface area contributed by atoms with Crippen LogP contribution in [0.3, 0.4) is 0 Å². The van der Waals surface area contributed by atoms with Gasteiger partial charge in [0.25, 0.3) is 0 Å². The van der Waals surface area contributed by atoms with Crippen LogP contribution in [-0.4, -0.2) is 0 Å². The Kier molecular flexibility index (Phi) is 4.04. The molecule has 0 nitrogen and oxygen atoms in total. The molecule has 0 aliphatic carbocycles. The molecule has 0 N–H and O–H groups in total. The average Bonchev–Trinajstić information content (AvgIpc) is 2.16. The van der Waals surface area contributed by atoms with Gasteiger partial charge in [-0.1, -0.05) is 42.8 Å². The van der Waals surface area contributed by atoms with Crippen molar-refractivity contribution in [3.8, 4) is 0 Å². The fourth-order valence-corrected chi connectivity index (χ4v) is 1.27. The smallest absolute Gasteiger partial charge is 0.0406 e. The van der Waals surface area contributed by atoms with Gasteiger partial charge in [-0.05, 0) is 37.0 Å². The molecule has 1 heteroatoms. The second kappa shape index (κ2) is 5.08. The Bertz CT molecular complexity index is 272. The molecule has 0 aliphatic heterocycles. The Morgan fingerprint density at radius 1 is 1.31 bits per heavy atom. The van der Waals surface area contributed by atoms with Crippen LogP contribution in [0.1, 0.15) is 25.3 Å². The monoisotopic (exact) mass is 194 g/mol. The first-order chi connectivity index (χ1) is 6.22. The fraction of sp³-hybridized carbons (Fsp3) is 0.333. The zero-order chi connectivity index (χ0) is 9.68. The summed E-state index contributed by atoms with van der Waals surface area (Å²) in [6.45, 7) is 6.12. The number of hydrogen-bond acceptors (Lipinski definition) is 0. The van der Waals surface area contributed by atoms with E-state index in [2.05, 4.69) is 25.6 Å². The molecule has 0 atom stereocenters. The lowest BCUT2D eigenvalue weighted by molar-refractivity contribution is 0.890. The lowest BCUT2D eigenvalue weighted by atomic mass is 10.0. The molecule has 0 spiro atoms. The van der Waals surface area contributed by atoms with E-state index < -0.39 is 0 Å². The van der Waals surface area contributed by atoms with Crippen molar-refractivity contribution in [3.63, 3.8) is 0 Å². The zero-order valence-corrected chi connectivity index (χ0v) is 8.77. The zero-order valence-electron chi connectivity index (χ0n) is 8.02. The quantitative estimate of drug-likeness (QED) is 0.629. The molecule has 1 aromatic carbocycles. The molecule has 0 heterocycles. The van der Waals surface area contributed by atoms with Gasteiger partial charge in [-0.25, -0.2) is 0 Å².